The molecule has 4 N–H and O–H groups in total. The number of aromatic hydroxyl groups is 2. The van der Waals surface area contributed by atoms with Gasteiger partial charge in [-0.15, -0.1) is 19.0 Å². The molecule has 1 atom stereocenters. The molecule has 1 aromatic rings. The summed E-state index contributed by atoms with van der Waals surface area (Å²) in [5.74, 6) is -1.30. The lowest BCUT2D eigenvalue weighted by Crippen LogP contribution is -2.10. The molecule has 0 unspecified atom stereocenters. The second-order valence-electron chi connectivity index (χ2n) is 3.93. The van der Waals surface area contributed by atoms with Gasteiger partial charge in [-0.1, -0.05) is 5.57 Å². The molecule has 0 radical (unpaired) electrons. The minimum Gasteiger partial charge on any atom is -0.504 e. The lowest BCUT2D eigenvalue weighted by Gasteiger charge is -2.12. The summed E-state index contributed by atoms with van der Waals surface area (Å²) in [7, 11) is 0. The van der Waals surface area contributed by atoms with Gasteiger partial charge < -0.3 is 15.9 Å². The minimum absolute atomic E-state index is 0. The van der Waals surface area contributed by atoms with E-state index in [4.69, 9.17) is 5.73 Å². The van der Waals surface area contributed by atoms with Crippen LogP contribution in [0.1, 0.15) is 24.9 Å². The van der Waals surface area contributed by atoms with Crippen LogP contribution in [0.2, 0.25) is 0 Å². The van der Waals surface area contributed by atoms with Crippen LogP contribution in [0, 0.1) is 10.1 Å². The molecule has 0 aliphatic heterocycles. The maximum Gasteiger partial charge on any atom is 0.314 e. The molecule has 1 rings (SSSR count). The van der Waals surface area contributed by atoms with Crippen molar-refractivity contribution in [2.45, 2.75) is 19.4 Å². The lowest BCUT2D eigenvalue weighted by molar-refractivity contribution is -0.386. The Morgan fingerprint density at radius 1 is 1.56 bits per heavy atom. The molecule has 0 amide bonds. The third-order valence-electron chi connectivity index (χ3n) is 2.29. The number of nitro benzene ring substituents is 1. The van der Waals surface area contributed by atoms with Crippen molar-refractivity contribution < 1.29 is 15.1 Å². The van der Waals surface area contributed by atoms with Gasteiger partial charge in [0.05, 0.1) is 4.92 Å². The number of hydrogen-bond acceptors (Lipinski definition) is 5. The van der Waals surface area contributed by atoms with Gasteiger partial charge >= 0.3 is 5.69 Å². The SMILES string of the molecule is C=C(C)C[C@H](N)c1cc(O)c(O)c([N+](=O)[O-])c1.Cl. The molecule has 6 nitrogen and oxygen atoms in total. The molecular formula is C11H15ClN2O4. The predicted molar refractivity (Wildman–Crippen MR) is 70.0 cm³/mol. The van der Waals surface area contributed by atoms with Gasteiger partial charge in [-0.2, -0.15) is 0 Å². The van der Waals surface area contributed by atoms with Crippen LogP contribution < -0.4 is 5.73 Å². The number of benzene rings is 1. The van der Waals surface area contributed by atoms with E-state index in [0.29, 0.717) is 12.0 Å². The third-order valence-corrected chi connectivity index (χ3v) is 2.29. The number of nitro groups is 1. The van der Waals surface area contributed by atoms with Gasteiger partial charge in [0.15, 0.2) is 5.75 Å². The zero-order valence-corrected chi connectivity index (χ0v) is 10.6. The fourth-order valence-electron chi connectivity index (χ4n) is 1.47. The molecule has 1 aromatic carbocycles. The highest BCUT2D eigenvalue weighted by molar-refractivity contribution is 5.85. The van der Waals surface area contributed by atoms with Crippen molar-refractivity contribution >= 4 is 18.1 Å². The summed E-state index contributed by atoms with van der Waals surface area (Å²) in [6.45, 7) is 5.48. The van der Waals surface area contributed by atoms with E-state index < -0.39 is 28.2 Å². The van der Waals surface area contributed by atoms with Crippen molar-refractivity contribution in [2.24, 2.45) is 5.73 Å². The van der Waals surface area contributed by atoms with Gasteiger partial charge in [-0.05, 0) is 25.0 Å². The second-order valence-corrected chi connectivity index (χ2v) is 3.93. The van der Waals surface area contributed by atoms with Crippen LogP contribution in [0.15, 0.2) is 24.3 Å². The van der Waals surface area contributed by atoms with Gasteiger partial charge in [0, 0.05) is 12.1 Å². The Morgan fingerprint density at radius 3 is 2.56 bits per heavy atom. The Kier molecular flexibility index (Phi) is 5.61. The second kappa shape index (κ2) is 6.23. The smallest absolute Gasteiger partial charge is 0.314 e. The van der Waals surface area contributed by atoms with Crippen LogP contribution in [0.25, 0.3) is 0 Å². The maximum atomic E-state index is 10.6. The van der Waals surface area contributed by atoms with Gasteiger partial charge in [-0.25, -0.2) is 0 Å². The van der Waals surface area contributed by atoms with Crippen molar-refractivity contribution in [3.8, 4) is 11.5 Å². The summed E-state index contributed by atoms with van der Waals surface area (Å²) in [4.78, 5) is 9.88. The zero-order chi connectivity index (χ0) is 13.2. The van der Waals surface area contributed by atoms with Crippen LogP contribution >= 0.6 is 12.4 Å². The van der Waals surface area contributed by atoms with Crippen LogP contribution in [0.5, 0.6) is 11.5 Å². The van der Waals surface area contributed by atoms with E-state index in [1.807, 2.05) is 0 Å². The molecule has 0 spiro atoms. The zero-order valence-electron chi connectivity index (χ0n) is 9.79. The van der Waals surface area contributed by atoms with E-state index >= 15 is 0 Å². The largest absolute Gasteiger partial charge is 0.504 e. The van der Waals surface area contributed by atoms with E-state index in [0.717, 1.165) is 11.6 Å². The van der Waals surface area contributed by atoms with Crippen LogP contribution in [-0.4, -0.2) is 15.1 Å². The molecule has 0 saturated heterocycles. The number of hydrogen-bond donors (Lipinski definition) is 3. The Balaban J connectivity index is 0.00000289. The first-order chi connectivity index (χ1) is 7.82. The molecule has 100 valence electrons. The Hall–Kier alpha value is -1.79. The average Bonchev–Trinajstić information content (AvgIpc) is 2.20. The monoisotopic (exact) mass is 274 g/mol. The lowest BCUT2D eigenvalue weighted by atomic mass is 10.00. The third kappa shape index (κ3) is 3.61. The highest BCUT2D eigenvalue weighted by atomic mass is 35.5. The molecule has 0 aromatic heterocycles. The van der Waals surface area contributed by atoms with Gasteiger partial charge in [-0.3, -0.25) is 10.1 Å². The quantitative estimate of drug-likeness (QED) is 0.338. The van der Waals surface area contributed by atoms with Crippen molar-refractivity contribution in [3.05, 3.63) is 40.0 Å². The normalized spacial score (nSPS) is 11.4. The average molecular weight is 275 g/mol. The van der Waals surface area contributed by atoms with E-state index in [9.17, 15) is 20.3 Å². The molecule has 0 fully saturated rings. The summed E-state index contributed by atoms with van der Waals surface area (Å²) in [5.41, 5.74) is 6.46. The molecule has 0 aliphatic carbocycles. The summed E-state index contributed by atoms with van der Waals surface area (Å²) in [6.07, 6.45) is 0.446. The number of nitrogens with two attached hydrogens (primary N) is 1. The van der Waals surface area contributed by atoms with Gasteiger partial charge in [0.25, 0.3) is 0 Å². The summed E-state index contributed by atoms with van der Waals surface area (Å²) < 4.78 is 0. The fourth-order valence-corrected chi connectivity index (χ4v) is 1.47. The summed E-state index contributed by atoms with van der Waals surface area (Å²) >= 11 is 0. The number of phenols is 2. The molecule has 0 aliphatic rings. The van der Waals surface area contributed by atoms with Gasteiger partial charge in [0.2, 0.25) is 5.75 Å². The molecule has 0 saturated carbocycles. The number of nitrogens with zero attached hydrogens (tertiary/aromatic N) is 1. The Bertz CT molecular complexity index is 476. The molecule has 0 bridgehead atoms. The van der Waals surface area contributed by atoms with Crippen LogP contribution in [-0.2, 0) is 0 Å². The van der Waals surface area contributed by atoms with Crippen molar-refractivity contribution in [1.82, 2.24) is 0 Å². The first-order valence-electron chi connectivity index (χ1n) is 4.93. The van der Waals surface area contributed by atoms with E-state index in [1.165, 1.54) is 6.07 Å². The Morgan fingerprint density at radius 2 is 2.11 bits per heavy atom. The van der Waals surface area contributed by atoms with Crippen molar-refractivity contribution in [1.29, 1.82) is 0 Å². The fraction of sp³-hybridized carbons (Fsp3) is 0.273. The first-order valence-corrected chi connectivity index (χ1v) is 4.93. The van der Waals surface area contributed by atoms with Crippen molar-refractivity contribution in [2.75, 3.05) is 0 Å². The van der Waals surface area contributed by atoms with Crippen LogP contribution in [0.3, 0.4) is 0 Å². The van der Waals surface area contributed by atoms with Crippen LogP contribution in [0.4, 0.5) is 5.69 Å². The topological polar surface area (TPSA) is 110 Å². The van der Waals surface area contributed by atoms with Crippen molar-refractivity contribution in [3.63, 3.8) is 0 Å². The van der Waals surface area contributed by atoms with E-state index in [1.54, 1.807) is 6.92 Å². The van der Waals surface area contributed by atoms with E-state index in [2.05, 4.69) is 6.58 Å². The molecule has 0 heterocycles. The first kappa shape index (κ1) is 16.2. The standard InChI is InChI=1S/C11H14N2O4.ClH/c1-6(2)3-8(12)7-4-9(13(16)17)11(15)10(14)5-7;/h4-5,8,14-15H,1,3,12H2,2H3;1H/t8-;/m0./s1. The molecule has 7 heteroatoms. The highest BCUT2D eigenvalue weighted by Gasteiger charge is 2.21. The molecule has 18 heavy (non-hydrogen) atoms. The number of rotatable bonds is 4. The maximum absolute atomic E-state index is 10.6. The van der Waals surface area contributed by atoms with E-state index in [-0.39, 0.29) is 12.4 Å². The summed E-state index contributed by atoms with van der Waals surface area (Å²) in [5, 5.41) is 29.3. The number of phenolic OH excluding ortho intramolecular Hbond substituents is 2. The minimum atomic E-state index is -0.772. The molecular weight excluding hydrogens is 260 g/mol. The predicted octanol–water partition coefficient (Wildman–Crippen LogP) is 2.39. The summed E-state index contributed by atoms with van der Waals surface area (Å²) in [6, 6.07) is 1.87. The Labute approximate surface area is 110 Å². The van der Waals surface area contributed by atoms with Gasteiger partial charge in [0.1, 0.15) is 0 Å². The number of halogens is 1. The highest BCUT2D eigenvalue weighted by Crippen LogP contribution is 2.38.